The van der Waals surface area contributed by atoms with E-state index in [-0.39, 0.29) is 30.1 Å². The van der Waals surface area contributed by atoms with Crippen molar-refractivity contribution >= 4 is 22.9 Å². The molecule has 0 saturated heterocycles. The molecule has 2 aromatic heterocycles. The van der Waals surface area contributed by atoms with Crippen LogP contribution in [0.25, 0.3) is 11.0 Å². The second-order valence-electron chi connectivity index (χ2n) is 6.73. The van der Waals surface area contributed by atoms with Gasteiger partial charge >= 0.3 is 0 Å². The normalized spacial score (nSPS) is 11.0. The van der Waals surface area contributed by atoms with Crippen LogP contribution in [-0.4, -0.2) is 33.7 Å². The predicted octanol–water partition coefficient (Wildman–Crippen LogP) is 1.38. The van der Waals surface area contributed by atoms with Gasteiger partial charge in [0.05, 0.1) is 10.9 Å². The van der Waals surface area contributed by atoms with Crippen LogP contribution in [0.2, 0.25) is 0 Å². The Labute approximate surface area is 152 Å². The number of H-pyrrole nitrogens is 1. The number of nitrogens with zero attached hydrogens (tertiary/aromatic N) is 2. The molecule has 2 heterocycles. The number of anilines is 1. The van der Waals surface area contributed by atoms with Crippen molar-refractivity contribution in [2.45, 2.75) is 40.2 Å². The highest BCUT2D eigenvalue weighted by Crippen LogP contribution is 2.19. The third-order valence-corrected chi connectivity index (χ3v) is 3.73. The van der Waals surface area contributed by atoms with Gasteiger partial charge in [0.25, 0.3) is 11.5 Å². The molecule has 0 fully saturated rings. The lowest BCUT2D eigenvalue weighted by molar-refractivity contribution is -0.124. The molecule has 8 heteroatoms. The molecule has 8 nitrogen and oxygen atoms in total. The molecule has 2 rings (SSSR count). The summed E-state index contributed by atoms with van der Waals surface area (Å²) < 4.78 is 7.11. The monoisotopic (exact) mass is 359 g/mol. The van der Waals surface area contributed by atoms with E-state index in [1.165, 1.54) is 0 Å². The number of nitrogen functional groups attached to an aromatic ring is 1. The van der Waals surface area contributed by atoms with E-state index in [2.05, 4.69) is 41.1 Å². The van der Waals surface area contributed by atoms with Crippen molar-refractivity contribution < 1.29 is 9.53 Å². The first-order valence-corrected chi connectivity index (χ1v) is 8.57. The third-order valence-electron chi connectivity index (χ3n) is 3.73. The van der Waals surface area contributed by atoms with Crippen molar-refractivity contribution in [3.8, 4) is 12.0 Å². The van der Waals surface area contributed by atoms with Crippen LogP contribution in [0.15, 0.2) is 11.0 Å². The van der Waals surface area contributed by atoms with E-state index in [9.17, 15) is 9.59 Å². The van der Waals surface area contributed by atoms with E-state index >= 15 is 0 Å². The van der Waals surface area contributed by atoms with Gasteiger partial charge in [-0.1, -0.05) is 13.8 Å². The fourth-order valence-electron chi connectivity index (χ4n) is 2.35. The molecule has 0 atom stereocenters. The summed E-state index contributed by atoms with van der Waals surface area (Å²) in [6.45, 7) is 8.59. The smallest absolute Gasteiger partial charge is 0.263 e. The average molecular weight is 359 g/mol. The summed E-state index contributed by atoms with van der Waals surface area (Å²) >= 11 is 0. The number of carbonyl (C=O) groups is 1. The summed E-state index contributed by atoms with van der Waals surface area (Å²) in [5.41, 5.74) is 6.21. The first-order valence-electron chi connectivity index (χ1n) is 8.57. The summed E-state index contributed by atoms with van der Waals surface area (Å²) in [5, 5.41) is 2.81. The van der Waals surface area contributed by atoms with Gasteiger partial charge in [0.2, 0.25) is 5.95 Å². The van der Waals surface area contributed by atoms with Crippen molar-refractivity contribution in [2.24, 2.45) is 5.92 Å². The predicted molar refractivity (Wildman–Crippen MR) is 100 cm³/mol. The first kappa shape index (κ1) is 19.5. The van der Waals surface area contributed by atoms with Gasteiger partial charge in [0, 0.05) is 24.9 Å². The molecule has 140 valence electrons. The van der Waals surface area contributed by atoms with Crippen LogP contribution in [0.1, 0.15) is 45.7 Å². The van der Waals surface area contributed by atoms with E-state index < -0.39 is 0 Å². The minimum absolute atomic E-state index is 0.0478. The zero-order valence-corrected chi connectivity index (χ0v) is 15.5. The number of nitrogens with one attached hydrogen (secondary N) is 2. The Bertz CT molecular complexity index is 899. The van der Waals surface area contributed by atoms with Gasteiger partial charge in [-0.3, -0.25) is 19.9 Å². The number of rotatable bonds is 6. The van der Waals surface area contributed by atoms with Gasteiger partial charge < -0.3 is 15.0 Å². The van der Waals surface area contributed by atoms with Crippen molar-refractivity contribution in [1.82, 2.24) is 19.9 Å². The van der Waals surface area contributed by atoms with E-state index in [1.54, 1.807) is 6.20 Å². The zero-order chi connectivity index (χ0) is 19.3. The third kappa shape index (κ3) is 4.86. The minimum atomic E-state index is -0.362. The molecule has 0 aliphatic rings. The number of ether oxygens (including phenoxy) is 1. The molecule has 1 amide bonds. The van der Waals surface area contributed by atoms with Gasteiger partial charge in [-0.15, -0.1) is 0 Å². The fraction of sp³-hybridized carbons (Fsp3) is 0.500. The maximum absolute atomic E-state index is 12.2. The van der Waals surface area contributed by atoms with Gasteiger partial charge in [0.15, 0.2) is 5.65 Å². The fourth-order valence-corrected chi connectivity index (χ4v) is 2.35. The largest absolute Gasteiger partial charge is 0.372 e. The van der Waals surface area contributed by atoms with Crippen LogP contribution in [0.5, 0.6) is 0 Å². The van der Waals surface area contributed by atoms with Crippen molar-refractivity contribution in [1.29, 1.82) is 0 Å². The van der Waals surface area contributed by atoms with Gasteiger partial charge in [-0.2, -0.15) is 4.98 Å². The highest BCUT2D eigenvalue weighted by atomic mass is 16.5. The quantitative estimate of drug-likeness (QED) is 0.409. The Morgan fingerprint density at radius 3 is 2.81 bits per heavy atom. The maximum Gasteiger partial charge on any atom is 0.263 e. The van der Waals surface area contributed by atoms with Gasteiger partial charge in [-0.25, -0.2) is 0 Å². The SMILES string of the molecule is CC(C)CCOCC(=O)NC#Cc1cn(C(C)C)c2nc(N)[nH]c(=O)c12. The molecule has 4 N–H and O–H groups in total. The van der Waals surface area contributed by atoms with E-state index in [1.807, 2.05) is 18.4 Å². The van der Waals surface area contributed by atoms with Gasteiger partial charge in [-0.05, 0) is 32.1 Å². The molecule has 0 aliphatic heterocycles. The van der Waals surface area contributed by atoms with Crippen LogP contribution in [0, 0.1) is 17.9 Å². The topological polar surface area (TPSA) is 115 Å². The second-order valence-corrected chi connectivity index (χ2v) is 6.73. The zero-order valence-electron chi connectivity index (χ0n) is 15.5. The molecule has 0 bridgehead atoms. The Kier molecular flexibility index (Phi) is 6.41. The molecule has 0 spiro atoms. The lowest BCUT2D eigenvalue weighted by Crippen LogP contribution is -2.23. The summed E-state index contributed by atoms with van der Waals surface area (Å²) in [4.78, 5) is 30.6. The second kappa shape index (κ2) is 8.54. The molecule has 26 heavy (non-hydrogen) atoms. The molecule has 0 unspecified atom stereocenters. The lowest BCUT2D eigenvalue weighted by atomic mass is 10.1. The van der Waals surface area contributed by atoms with Crippen LogP contribution >= 0.6 is 0 Å². The molecular weight excluding hydrogens is 334 g/mol. The van der Waals surface area contributed by atoms with Crippen LogP contribution in [0.4, 0.5) is 5.95 Å². The van der Waals surface area contributed by atoms with Crippen molar-refractivity contribution in [2.75, 3.05) is 18.9 Å². The standard InChI is InChI=1S/C18H25N5O3/c1-11(2)6-8-26-10-14(24)20-7-5-13-9-23(12(3)4)16-15(13)17(25)22-18(19)21-16/h9,11-12H,6,8,10H2,1-4H3,(H,20,24)(H3,19,21,22,25). The molecule has 0 radical (unpaired) electrons. The number of amides is 1. The summed E-state index contributed by atoms with van der Waals surface area (Å²) in [7, 11) is 0. The summed E-state index contributed by atoms with van der Waals surface area (Å²) in [5.74, 6) is 3.05. The molecule has 2 aromatic rings. The van der Waals surface area contributed by atoms with E-state index in [0.717, 1.165) is 6.42 Å². The van der Waals surface area contributed by atoms with Gasteiger partial charge in [0.1, 0.15) is 6.61 Å². The Morgan fingerprint density at radius 1 is 1.42 bits per heavy atom. The number of nitrogens with two attached hydrogens (primary N) is 1. The Morgan fingerprint density at radius 2 is 2.15 bits per heavy atom. The van der Waals surface area contributed by atoms with Crippen molar-refractivity contribution in [3.05, 3.63) is 22.1 Å². The number of fused-ring (bicyclic) bond motifs is 1. The number of carbonyl (C=O) groups excluding carboxylic acids is 1. The first-order chi connectivity index (χ1) is 12.3. The average Bonchev–Trinajstić information content (AvgIpc) is 2.90. The molecule has 0 aliphatic carbocycles. The van der Waals surface area contributed by atoms with Crippen LogP contribution in [-0.2, 0) is 9.53 Å². The summed E-state index contributed by atoms with van der Waals surface area (Å²) in [6, 6.07) is 2.66. The number of aromatic nitrogens is 3. The lowest BCUT2D eigenvalue weighted by Gasteiger charge is -2.07. The molecule has 0 saturated carbocycles. The van der Waals surface area contributed by atoms with Crippen LogP contribution in [0.3, 0.4) is 0 Å². The maximum atomic E-state index is 12.2. The number of aromatic amines is 1. The minimum Gasteiger partial charge on any atom is -0.372 e. The van der Waals surface area contributed by atoms with Crippen LogP contribution < -0.4 is 16.6 Å². The van der Waals surface area contributed by atoms with Crippen molar-refractivity contribution in [3.63, 3.8) is 0 Å². The molecule has 0 aromatic carbocycles. The van der Waals surface area contributed by atoms with E-state index in [0.29, 0.717) is 29.1 Å². The highest BCUT2D eigenvalue weighted by molar-refractivity contribution is 5.84. The highest BCUT2D eigenvalue weighted by Gasteiger charge is 2.15. The van der Waals surface area contributed by atoms with E-state index in [4.69, 9.17) is 10.5 Å². The Hall–Kier alpha value is -2.79. The summed E-state index contributed by atoms with van der Waals surface area (Å²) in [6.07, 6.45) is 2.63. The number of hydrogen-bond acceptors (Lipinski definition) is 5. The Balaban J connectivity index is 2.13. The number of hydrogen-bond donors (Lipinski definition) is 3. The molecular formula is C18H25N5O3.